The van der Waals surface area contributed by atoms with Crippen LogP contribution in [0.5, 0.6) is 0 Å². The van der Waals surface area contributed by atoms with Gasteiger partial charge in [-0.3, -0.25) is 19.9 Å². The van der Waals surface area contributed by atoms with Gasteiger partial charge in [0.2, 0.25) is 11.4 Å². The SMILES string of the molecule is C.COC(=O)c1ccnc(C)c1.[C-]#[N+]c1cnc2ccc(CCl)cc2c1.[C-]#[N+]c1cnc2ccc(Cc3cc(C(=O)OC)ccn3)cc2c1. The molecule has 0 N–H and O–H groups in total. The largest absolute Gasteiger partial charge is 0.465 e. The second kappa shape index (κ2) is 18.2. The van der Waals surface area contributed by atoms with E-state index in [0.29, 0.717) is 34.8 Å². The van der Waals surface area contributed by atoms with Gasteiger partial charge in [0.05, 0.1) is 49.5 Å². The fourth-order valence-corrected chi connectivity index (χ4v) is 4.64. The number of rotatable bonds is 5. The van der Waals surface area contributed by atoms with Gasteiger partial charge in [0.15, 0.2) is 0 Å². The van der Waals surface area contributed by atoms with Crippen LogP contribution in [0.3, 0.4) is 0 Å². The summed E-state index contributed by atoms with van der Waals surface area (Å²) in [6.07, 6.45) is 6.91. The van der Waals surface area contributed by atoms with Gasteiger partial charge in [-0.2, -0.15) is 0 Å². The number of alkyl halides is 1. The van der Waals surface area contributed by atoms with E-state index in [9.17, 15) is 9.59 Å². The van der Waals surface area contributed by atoms with E-state index < -0.39 is 0 Å². The molecule has 0 aliphatic heterocycles. The number of fused-ring (bicyclic) bond motifs is 2. The van der Waals surface area contributed by atoms with E-state index in [1.54, 1.807) is 49.1 Å². The highest BCUT2D eigenvalue weighted by molar-refractivity contribution is 6.17. The molecule has 0 spiro atoms. The number of aryl methyl sites for hydroxylation is 1. The number of halogens is 1. The first-order valence-corrected chi connectivity index (χ1v) is 14.9. The zero-order valence-corrected chi connectivity index (χ0v) is 27.1. The molecule has 0 saturated carbocycles. The van der Waals surface area contributed by atoms with Crippen molar-refractivity contribution >= 4 is 56.7 Å². The van der Waals surface area contributed by atoms with Gasteiger partial charge in [-0.05, 0) is 83.4 Å². The number of hydrogen-bond acceptors (Lipinski definition) is 8. The molecule has 0 radical (unpaired) electrons. The molecular formula is C38H33ClN6O4. The van der Waals surface area contributed by atoms with Crippen molar-refractivity contribution in [3.8, 4) is 0 Å². The minimum absolute atomic E-state index is 0. The average molecular weight is 673 g/mol. The van der Waals surface area contributed by atoms with Crippen molar-refractivity contribution in [2.75, 3.05) is 14.2 Å². The average Bonchev–Trinajstić information content (AvgIpc) is 3.13. The molecule has 0 bridgehead atoms. The molecule has 0 aliphatic rings. The van der Waals surface area contributed by atoms with E-state index in [2.05, 4.69) is 34.4 Å². The minimum atomic E-state index is -0.377. The summed E-state index contributed by atoms with van der Waals surface area (Å²) in [6.45, 7) is 15.8. The summed E-state index contributed by atoms with van der Waals surface area (Å²) in [5.41, 5.74) is 7.51. The smallest absolute Gasteiger partial charge is 0.337 e. The predicted octanol–water partition coefficient (Wildman–Crippen LogP) is 8.90. The molecule has 0 aliphatic carbocycles. The maximum absolute atomic E-state index is 11.6. The Hall–Kier alpha value is -6.23. The number of carbonyl (C=O) groups is 2. The monoisotopic (exact) mass is 672 g/mol. The highest BCUT2D eigenvalue weighted by Crippen LogP contribution is 2.22. The summed E-state index contributed by atoms with van der Waals surface area (Å²) >= 11 is 5.72. The molecular weight excluding hydrogens is 640 g/mol. The topological polar surface area (TPSA) is 113 Å². The van der Waals surface area contributed by atoms with Gasteiger partial charge in [0.1, 0.15) is 0 Å². The standard InChI is InChI=1S/C18H13N3O2.C11H7ClN2.C8H9NO2.CH4/c1-19-16-10-14-7-12(3-4-17(14)21-11-16)8-15-9-13(5-6-20-15)18(22)23-2;1-13-10-5-9-4-8(6-12)2-3-11(9)14-7-10;1-6-5-7(3-4-9-6)8(10)11-2;/h3-7,9-11H,8H2,2H3;2-5,7H,6H2;3-5H,1-2H3;1H4. The van der Waals surface area contributed by atoms with Gasteiger partial charge in [0.25, 0.3) is 0 Å². The van der Waals surface area contributed by atoms with Crippen LogP contribution in [0.1, 0.15) is 50.7 Å². The molecule has 11 heteroatoms. The van der Waals surface area contributed by atoms with Crippen molar-refractivity contribution in [3.63, 3.8) is 0 Å². The lowest BCUT2D eigenvalue weighted by Gasteiger charge is -2.05. The number of carbonyl (C=O) groups excluding carboxylic acids is 2. The first-order chi connectivity index (χ1) is 23.3. The zero-order chi connectivity index (χ0) is 34.5. The van der Waals surface area contributed by atoms with E-state index in [1.165, 1.54) is 14.2 Å². The van der Waals surface area contributed by atoms with Gasteiger partial charge < -0.3 is 9.47 Å². The summed E-state index contributed by atoms with van der Waals surface area (Å²) in [6, 6.07) is 22.0. The highest BCUT2D eigenvalue weighted by Gasteiger charge is 2.08. The molecule has 49 heavy (non-hydrogen) atoms. The Morgan fingerprint density at radius 1 is 0.694 bits per heavy atom. The van der Waals surface area contributed by atoms with Crippen LogP contribution < -0.4 is 0 Å². The Labute approximate surface area is 290 Å². The molecule has 0 unspecified atom stereocenters. The second-order valence-electron chi connectivity index (χ2n) is 10.2. The van der Waals surface area contributed by atoms with Crippen LogP contribution >= 0.6 is 11.6 Å². The molecule has 4 aromatic heterocycles. The fourth-order valence-electron chi connectivity index (χ4n) is 4.47. The van der Waals surface area contributed by atoms with Crippen molar-refractivity contribution in [3.05, 3.63) is 154 Å². The van der Waals surface area contributed by atoms with Crippen LogP contribution in [0.2, 0.25) is 0 Å². The van der Waals surface area contributed by atoms with Crippen LogP contribution in [-0.4, -0.2) is 46.1 Å². The van der Waals surface area contributed by atoms with Crippen molar-refractivity contribution in [1.82, 2.24) is 19.9 Å². The molecule has 2 aromatic carbocycles. The van der Waals surface area contributed by atoms with Crippen LogP contribution in [0.15, 0.2) is 97.6 Å². The highest BCUT2D eigenvalue weighted by atomic mass is 35.5. The third kappa shape index (κ3) is 10.4. The van der Waals surface area contributed by atoms with E-state index in [1.807, 2.05) is 55.5 Å². The second-order valence-corrected chi connectivity index (χ2v) is 10.4. The number of ether oxygens (including phenoxy) is 2. The van der Waals surface area contributed by atoms with Crippen molar-refractivity contribution in [1.29, 1.82) is 0 Å². The number of benzene rings is 2. The lowest BCUT2D eigenvalue weighted by atomic mass is 10.0. The Kier molecular flexibility index (Phi) is 13.8. The quantitative estimate of drug-likeness (QED) is 0.101. The number of aromatic nitrogens is 4. The van der Waals surface area contributed by atoms with E-state index in [4.69, 9.17) is 29.5 Å². The van der Waals surface area contributed by atoms with Gasteiger partial charge in [-0.15, -0.1) is 11.6 Å². The Morgan fingerprint density at radius 3 is 1.71 bits per heavy atom. The summed E-state index contributed by atoms with van der Waals surface area (Å²) < 4.78 is 9.25. The van der Waals surface area contributed by atoms with Gasteiger partial charge in [-0.1, -0.05) is 25.6 Å². The number of pyridine rings is 4. The molecule has 0 atom stereocenters. The minimum Gasteiger partial charge on any atom is -0.465 e. The lowest BCUT2D eigenvalue weighted by Crippen LogP contribution is -2.03. The summed E-state index contributed by atoms with van der Waals surface area (Å²) in [5.74, 6) is -0.216. The number of nitrogens with zero attached hydrogens (tertiary/aromatic N) is 6. The molecule has 4 heterocycles. The van der Waals surface area contributed by atoms with E-state index in [0.717, 1.165) is 44.3 Å². The van der Waals surface area contributed by atoms with E-state index in [-0.39, 0.29) is 19.4 Å². The van der Waals surface area contributed by atoms with Gasteiger partial charge >= 0.3 is 11.9 Å². The van der Waals surface area contributed by atoms with Crippen molar-refractivity contribution < 1.29 is 19.1 Å². The third-order valence-corrected chi connectivity index (χ3v) is 7.12. The third-order valence-electron chi connectivity index (χ3n) is 6.82. The maximum atomic E-state index is 11.6. The Morgan fingerprint density at radius 2 is 1.20 bits per heavy atom. The van der Waals surface area contributed by atoms with Gasteiger partial charge in [-0.25, -0.2) is 19.3 Å². The van der Waals surface area contributed by atoms with Crippen molar-refractivity contribution in [2.45, 2.75) is 26.7 Å². The van der Waals surface area contributed by atoms with Crippen LogP contribution in [0.25, 0.3) is 31.5 Å². The predicted molar refractivity (Wildman–Crippen MR) is 191 cm³/mol. The summed E-state index contributed by atoms with van der Waals surface area (Å²) in [4.78, 5) is 45.9. The Balaban J connectivity index is 0.000000214. The normalized spacial score (nSPS) is 9.76. The van der Waals surface area contributed by atoms with Crippen LogP contribution in [0, 0.1) is 20.1 Å². The first kappa shape index (κ1) is 37.2. The molecule has 6 aromatic rings. The van der Waals surface area contributed by atoms with Gasteiger partial charge in [0, 0.05) is 48.5 Å². The number of hydrogen-bond donors (Lipinski definition) is 0. The maximum Gasteiger partial charge on any atom is 0.337 e. The Bertz CT molecular complexity index is 2180. The fraction of sp³-hybridized carbons (Fsp3) is 0.158. The first-order valence-electron chi connectivity index (χ1n) is 14.4. The molecule has 246 valence electrons. The molecule has 6 rings (SSSR count). The van der Waals surface area contributed by atoms with Crippen LogP contribution in [-0.2, 0) is 21.8 Å². The lowest BCUT2D eigenvalue weighted by molar-refractivity contribution is 0.0591. The summed E-state index contributed by atoms with van der Waals surface area (Å²) in [7, 11) is 2.71. The number of methoxy groups -OCH3 is 2. The van der Waals surface area contributed by atoms with Crippen molar-refractivity contribution in [2.24, 2.45) is 0 Å². The molecule has 10 nitrogen and oxygen atoms in total. The van der Waals surface area contributed by atoms with Crippen LogP contribution in [0.4, 0.5) is 11.4 Å². The van der Waals surface area contributed by atoms with E-state index >= 15 is 0 Å². The molecule has 0 saturated heterocycles. The molecule has 0 amide bonds. The summed E-state index contributed by atoms with van der Waals surface area (Å²) in [5, 5.41) is 1.89. The molecule has 0 fully saturated rings. The zero-order valence-electron chi connectivity index (χ0n) is 26.3. The number of esters is 2.